The van der Waals surface area contributed by atoms with E-state index < -0.39 is 33.1 Å². The average Bonchev–Trinajstić information content (AvgIpc) is 2.41. The fourth-order valence-corrected chi connectivity index (χ4v) is 2.83. The number of rotatable bonds is 3. The van der Waals surface area contributed by atoms with E-state index in [4.69, 9.17) is 0 Å². The maximum Gasteiger partial charge on any atom is 0.534 e. The lowest BCUT2D eigenvalue weighted by Gasteiger charge is -2.23. The summed E-state index contributed by atoms with van der Waals surface area (Å²) in [6.45, 7) is 0. The number of hydrogen-bond donors (Lipinski definition) is 0. The van der Waals surface area contributed by atoms with Crippen LogP contribution >= 0.6 is 0 Å². The Morgan fingerprint density at radius 2 is 1.73 bits per heavy atom. The summed E-state index contributed by atoms with van der Waals surface area (Å²) in [6.07, 6.45) is 1.05. The Labute approximate surface area is 124 Å². The molecular formula is C13H12F4O4S. The van der Waals surface area contributed by atoms with Crippen LogP contribution in [0.5, 0.6) is 5.75 Å². The molecule has 0 unspecified atom stereocenters. The van der Waals surface area contributed by atoms with Crippen molar-refractivity contribution in [2.24, 2.45) is 0 Å². The summed E-state index contributed by atoms with van der Waals surface area (Å²) in [7, 11) is -5.95. The highest BCUT2D eigenvalue weighted by Gasteiger charge is 2.49. The van der Waals surface area contributed by atoms with E-state index in [2.05, 4.69) is 4.18 Å². The molecule has 1 aromatic carbocycles. The lowest BCUT2D eigenvalue weighted by molar-refractivity contribution is -0.120. The summed E-state index contributed by atoms with van der Waals surface area (Å²) >= 11 is 0. The van der Waals surface area contributed by atoms with Gasteiger partial charge in [-0.1, -0.05) is 12.1 Å². The Morgan fingerprint density at radius 1 is 1.14 bits per heavy atom. The molecule has 1 saturated carbocycles. The van der Waals surface area contributed by atoms with Crippen molar-refractivity contribution >= 4 is 15.9 Å². The Kier molecular flexibility index (Phi) is 4.46. The fourth-order valence-electron chi connectivity index (χ4n) is 2.34. The zero-order valence-electron chi connectivity index (χ0n) is 11.2. The molecule has 9 heteroatoms. The number of carbonyl (C=O) groups excluding carboxylic acids is 1. The topological polar surface area (TPSA) is 60.4 Å². The summed E-state index contributed by atoms with van der Waals surface area (Å²) in [6, 6.07) is 3.39. The molecule has 122 valence electrons. The zero-order chi connectivity index (χ0) is 16.5. The van der Waals surface area contributed by atoms with E-state index >= 15 is 0 Å². The molecule has 1 aliphatic carbocycles. The van der Waals surface area contributed by atoms with E-state index in [1.165, 1.54) is 12.1 Å². The number of carbonyl (C=O) groups is 1. The molecule has 4 nitrogen and oxygen atoms in total. The summed E-state index contributed by atoms with van der Waals surface area (Å²) in [4.78, 5) is 11.2. The van der Waals surface area contributed by atoms with Gasteiger partial charge in [0, 0.05) is 18.4 Å². The maximum absolute atomic E-state index is 13.8. The molecule has 0 bridgehead atoms. The SMILES string of the molecule is O=C1CCC(c2cccc(F)c2OS(=O)(=O)C(F)(F)F)CC1. The molecule has 0 spiro atoms. The standard InChI is InChI=1S/C13H12F4O4S/c14-11-3-1-2-10(8-4-6-9(18)7-5-8)12(11)21-22(19,20)13(15,16)17/h1-3,8H,4-7H2. The van der Waals surface area contributed by atoms with E-state index in [1.54, 1.807) is 0 Å². The number of Topliss-reactive ketones (excluding diaryl/α,β-unsaturated/α-hetero) is 1. The predicted octanol–water partition coefficient (Wildman–Crippen LogP) is 3.28. The van der Waals surface area contributed by atoms with E-state index in [9.17, 15) is 30.8 Å². The van der Waals surface area contributed by atoms with Gasteiger partial charge in [-0.25, -0.2) is 4.39 Å². The van der Waals surface area contributed by atoms with Crippen LogP contribution in [0.2, 0.25) is 0 Å². The third kappa shape index (κ3) is 3.40. The molecule has 0 heterocycles. The first kappa shape index (κ1) is 16.7. The number of alkyl halides is 3. The Balaban J connectivity index is 2.38. The molecular weight excluding hydrogens is 328 g/mol. The van der Waals surface area contributed by atoms with Crippen LogP contribution in [0.15, 0.2) is 18.2 Å². The van der Waals surface area contributed by atoms with Crippen molar-refractivity contribution in [2.45, 2.75) is 37.1 Å². The van der Waals surface area contributed by atoms with Crippen LogP contribution in [-0.2, 0) is 14.9 Å². The minimum Gasteiger partial charge on any atom is -0.373 e. The van der Waals surface area contributed by atoms with E-state index in [1.807, 2.05) is 0 Å². The van der Waals surface area contributed by atoms with Crippen LogP contribution in [-0.4, -0.2) is 19.7 Å². The van der Waals surface area contributed by atoms with Gasteiger partial charge < -0.3 is 4.18 Å². The van der Waals surface area contributed by atoms with Gasteiger partial charge in [-0.2, -0.15) is 21.6 Å². The van der Waals surface area contributed by atoms with Crippen LogP contribution in [0.3, 0.4) is 0 Å². The lowest BCUT2D eigenvalue weighted by Crippen LogP contribution is -2.29. The van der Waals surface area contributed by atoms with Gasteiger partial charge in [0.05, 0.1) is 0 Å². The molecule has 0 saturated heterocycles. The van der Waals surface area contributed by atoms with Crippen LogP contribution in [0.25, 0.3) is 0 Å². The van der Waals surface area contributed by atoms with Gasteiger partial charge in [0.2, 0.25) is 0 Å². The molecule has 22 heavy (non-hydrogen) atoms. The van der Waals surface area contributed by atoms with Crippen molar-refractivity contribution < 1.29 is 35.0 Å². The first-order chi connectivity index (χ1) is 10.1. The van der Waals surface area contributed by atoms with Crippen molar-refractivity contribution in [2.75, 3.05) is 0 Å². The highest BCUT2D eigenvalue weighted by molar-refractivity contribution is 7.88. The Morgan fingerprint density at radius 3 is 2.27 bits per heavy atom. The highest BCUT2D eigenvalue weighted by Crippen LogP contribution is 2.39. The molecule has 0 radical (unpaired) electrons. The second-order valence-corrected chi connectivity index (χ2v) is 6.49. The van der Waals surface area contributed by atoms with Gasteiger partial charge in [-0.3, -0.25) is 4.79 Å². The third-order valence-electron chi connectivity index (χ3n) is 3.46. The number of halogens is 4. The van der Waals surface area contributed by atoms with Gasteiger partial charge in [0.15, 0.2) is 11.6 Å². The van der Waals surface area contributed by atoms with Crippen molar-refractivity contribution in [1.82, 2.24) is 0 Å². The van der Waals surface area contributed by atoms with Crippen LogP contribution in [0.4, 0.5) is 17.6 Å². The Bertz CT molecular complexity index is 672. The minimum atomic E-state index is -5.95. The minimum absolute atomic E-state index is 0.0121. The monoisotopic (exact) mass is 340 g/mol. The van der Waals surface area contributed by atoms with Crippen molar-refractivity contribution in [3.63, 3.8) is 0 Å². The second-order valence-electron chi connectivity index (χ2n) is 4.95. The zero-order valence-corrected chi connectivity index (χ0v) is 12.0. The van der Waals surface area contributed by atoms with Crippen LogP contribution in [0, 0.1) is 5.82 Å². The number of hydrogen-bond acceptors (Lipinski definition) is 4. The predicted molar refractivity (Wildman–Crippen MR) is 68.2 cm³/mol. The summed E-state index contributed by atoms with van der Waals surface area (Å²) in [5.41, 5.74) is -5.62. The van der Waals surface area contributed by atoms with E-state index in [0.717, 1.165) is 6.07 Å². The summed E-state index contributed by atoms with van der Waals surface area (Å²) in [5.74, 6) is -2.55. The van der Waals surface area contributed by atoms with Gasteiger partial charge in [-0.15, -0.1) is 0 Å². The molecule has 0 amide bonds. The normalized spacial score (nSPS) is 17.5. The van der Waals surface area contributed by atoms with Gasteiger partial charge in [-0.05, 0) is 24.8 Å². The molecule has 1 aromatic rings. The molecule has 0 aliphatic heterocycles. The number of benzene rings is 1. The highest BCUT2D eigenvalue weighted by atomic mass is 32.2. The molecule has 1 fully saturated rings. The first-order valence-corrected chi connectivity index (χ1v) is 7.83. The van der Waals surface area contributed by atoms with Gasteiger partial charge >= 0.3 is 15.6 Å². The summed E-state index contributed by atoms with van der Waals surface area (Å²) < 4.78 is 77.1. The van der Waals surface area contributed by atoms with E-state index in [-0.39, 0.29) is 24.2 Å². The first-order valence-electron chi connectivity index (χ1n) is 6.42. The average molecular weight is 340 g/mol. The molecule has 0 N–H and O–H groups in total. The lowest BCUT2D eigenvalue weighted by atomic mass is 9.83. The smallest absolute Gasteiger partial charge is 0.373 e. The Hall–Kier alpha value is -1.64. The van der Waals surface area contributed by atoms with Crippen molar-refractivity contribution in [3.05, 3.63) is 29.6 Å². The molecule has 2 rings (SSSR count). The van der Waals surface area contributed by atoms with Gasteiger partial charge in [0.25, 0.3) is 0 Å². The summed E-state index contributed by atoms with van der Waals surface area (Å²) in [5, 5.41) is 0. The number of para-hydroxylation sites is 1. The van der Waals surface area contributed by atoms with Crippen molar-refractivity contribution in [1.29, 1.82) is 0 Å². The van der Waals surface area contributed by atoms with Crippen LogP contribution < -0.4 is 4.18 Å². The molecule has 0 aromatic heterocycles. The quantitative estimate of drug-likeness (QED) is 0.481. The molecule has 0 atom stereocenters. The largest absolute Gasteiger partial charge is 0.534 e. The second kappa shape index (κ2) is 5.86. The third-order valence-corrected chi connectivity index (χ3v) is 4.41. The van der Waals surface area contributed by atoms with E-state index in [0.29, 0.717) is 12.8 Å². The fraction of sp³-hybridized carbons (Fsp3) is 0.462. The van der Waals surface area contributed by atoms with Gasteiger partial charge in [0.1, 0.15) is 5.78 Å². The number of ketones is 1. The molecule has 1 aliphatic rings. The van der Waals surface area contributed by atoms with Crippen LogP contribution in [0.1, 0.15) is 37.2 Å². The van der Waals surface area contributed by atoms with Crippen molar-refractivity contribution in [3.8, 4) is 5.75 Å². The maximum atomic E-state index is 13.8.